The number of aryl methyl sites for hydroxylation is 1. The normalized spacial score (nSPS) is 14.8. The van der Waals surface area contributed by atoms with E-state index in [1.165, 1.54) is 12.1 Å². The molecule has 0 saturated heterocycles. The smallest absolute Gasteiger partial charge is 0.257 e. The minimum atomic E-state index is -1.09. The predicted molar refractivity (Wildman–Crippen MR) is 126 cm³/mol. The Hall–Kier alpha value is -3.54. The molecule has 0 saturated carbocycles. The number of hydrogen-bond donors (Lipinski definition) is 1. The Labute approximate surface area is 191 Å². The lowest BCUT2D eigenvalue weighted by molar-refractivity contribution is 0.143. The van der Waals surface area contributed by atoms with E-state index in [-0.39, 0.29) is 5.82 Å². The highest BCUT2D eigenvalue weighted by atomic mass is 19.1. The Morgan fingerprint density at radius 3 is 2.73 bits per heavy atom. The topological polar surface area (TPSA) is 69.8 Å². The molecule has 0 unspecified atom stereocenters. The van der Waals surface area contributed by atoms with Crippen LogP contribution >= 0.6 is 0 Å². The van der Waals surface area contributed by atoms with E-state index >= 15 is 0 Å². The summed E-state index contributed by atoms with van der Waals surface area (Å²) >= 11 is 0. The van der Waals surface area contributed by atoms with E-state index in [0.717, 1.165) is 28.9 Å². The molecular formula is C25H25FN6O. The number of nitrogens with zero attached hydrogens (tertiary/aromatic N) is 6. The number of benzene rings is 2. The number of anilines is 2. The van der Waals surface area contributed by atoms with Crippen LogP contribution in [0.1, 0.15) is 30.8 Å². The maximum absolute atomic E-state index is 14.4. The first-order valence-corrected chi connectivity index (χ1v) is 10.9. The van der Waals surface area contributed by atoms with E-state index in [2.05, 4.69) is 38.9 Å². The second-order valence-corrected chi connectivity index (χ2v) is 8.98. The molecule has 1 N–H and O–H groups in total. The molecule has 3 heterocycles. The Morgan fingerprint density at radius 2 is 1.94 bits per heavy atom. The monoisotopic (exact) mass is 444 g/mol. The summed E-state index contributed by atoms with van der Waals surface area (Å²) in [6.07, 6.45) is 0. The average Bonchev–Trinajstić information content (AvgIpc) is 3.04. The Balaban J connectivity index is 1.77. The molecule has 0 spiro atoms. The van der Waals surface area contributed by atoms with Gasteiger partial charge in [-0.25, -0.2) is 4.39 Å². The Bertz CT molecular complexity index is 1440. The number of rotatable bonds is 1. The number of likely N-dealkylation sites (N-methyl/N-ethyl adjacent to an activating group) is 1. The van der Waals surface area contributed by atoms with Gasteiger partial charge in [-0.2, -0.15) is 4.98 Å². The molecule has 0 aliphatic carbocycles. The third-order valence-electron chi connectivity index (χ3n) is 5.79. The van der Waals surface area contributed by atoms with Gasteiger partial charge in [-0.1, -0.05) is 17.9 Å². The van der Waals surface area contributed by atoms with Crippen molar-refractivity contribution in [3.8, 4) is 11.8 Å². The predicted octanol–water partition coefficient (Wildman–Crippen LogP) is 3.43. The van der Waals surface area contributed by atoms with Crippen LogP contribution < -0.4 is 4.90 Å². The van der Waals surface area contributed by atoms with Crippen molar-refractivity contribution >= 4 is 28.2 Å². The number of aromatic nitrogens is 4. The molecule has 7 nitrogen and oxygen atoms in total. The van der Waals surface area contributed by atoms with Crippen molar-refractivity contribution in [3.63, 3.8) is 0 Å². The Morgan fingerprint density at radius 1 is 1.12 bits per heavy atom. The fourth-order valence-electron chi connectivity index (χ4n) is 4.24. The molecule has 8 heteroatoms. The van der Waals surface area contributed by atoms with Gasteiger partial charge in [0, 0.05) is 41.8 Å². The van der Waals surface area contributed by atoms with E-state index in [4.69, 9.17) is 4.98 Å². The fraction of sp³-hybridized carbons (Fsp3) is 0.320. The molecule has 0 amide bonds. The standard InChI is InChI=1S/C25H25FN6O/c1-16-28-29-24-27-23(19-14-18(26)8-9-22(19)32(16)24)31-13-12-30(4)15-20-17(6-5-7-21(20)31)10-11-25(2,3)33/h5-9,14,33H,12-13,15H2,1-4H3. The van der Waals surface area contributed by atoms with Gasteiger partial charge in [-0.3, -0.25) is 4.40 Å². The maximum atomic E-state index is 14.4. The van der Waals surface area contributed by atoms with Crippen LogP contribution in [0.5, 0.6) is 0 Å². The van der Waals surface area contributed by atoms with E-state index in [9.17, 15) is 9.50 Å². The lowest BCUT2D eigenvalue weighted by Crippen LogP contribution is -2.27. The third-order valence-corrected chi connectivity index (χ3v) is 5.79. The van der Waals surface area contributed by atoms with Crippen molar-refractivity contribution in [3.05, 3.63) is 59.2 Å². The summed E-state index contributed by atoms with van der Waals surface area (Å²) in [6, 6.07) is 10.7. The first kappa shape index (κ1) is 21.3. The second kappa shape index (κ2) is 7.80. The summed E-state index contributed by atoms with van der Waals surface area (Å²) in [6.45, 7) is 7.33. The van der Waals surface area contributed by atoms with Crippen LogP contribution in [-0.2, 0) is 6.54 Å². The zero-order valence-electron chi connectivity index (χ0n) is 19.1. The summed E-state index contributed by atoms with van der Waals surface area (Å²) in [5, 5.41) is 19.2. The van der Waals surface area contributed by atoms with Crippen molar-refractivity contribution in [2.75, 3.05) is 25.0 Å². The first-order valence-electron chi connectivity index (χ1n) is 10.9. The molecule has 0 bridgehead atoms. The summed E-state index contributed by atoms with van der Waals surface area (Å²) in [7, 11) is 2.06. The van der Waals surface area contributed by atoms with E-state index < -0.39 is 5.60 Å². The van der Waals surface area contributed by atoms with Gasteiger partial charge in [0.05, 0.1) is 5.52 Å². The first-order chi connectivity index (χ1) is 15.7. The minimum absolute atomic E-state index is 0.326. The van der Waals surface area contributed by atoms with Crippen LogP contribution in [0.25, 0.3) is 16.7 Å². The largest absolute Gasteiger partial charge is 0.378 e. The van der Waals surface area contributed by atoms with Gasteiger partial charge >= 0.3 is 0 Å². The van der Waals surface area contributed by atoms with Crippen LogP contribution in [0.2, 0.25) is 0 Å². The second-order valence-electron chi connectivity index (χ2n) is 8.98. The highest BCUT2D eigenvalue weighted by Crippen LogP contribution is 2.36. The molecule has 168 valence electrons. The highest BCUT2D eigenvalue weighted by molar-refractivity contribution is 5.94. The number of hydrogen-bond acceptors (Lipinski definition) is 6. The molecule has 2 aromatic carbocycles. The highest BCUT2D eigenvalue weighted by Gasteiger charge is 2.25. The quantitative estimate of drug-likeness (QED) is 0.454. The molecule has 0 fully saturated rings. The summed E-state index contributed by atoms with van der Waals surface area (Å²) in [4.78, 5) is 9.15. The van der Waals surface area contributed by atoms with Crippen LogP contribution in [0.3, 0.4) is 0 Å². The minimum Gasteiger partial charge on any atom is -0.378 e. The SMILES string of the molecule is Cc1nnc2nc(N3CCN(C)Cc4c(C#CC(C)(C)O)cccc43)c3cc(F)ccc3n12. The van der Waals surface area contributed by atoms with Gasteiger partial charge in [-0.15, -0.1) is 10.2 Å². The molecule has 33 heavy (non-hydrogen) atoms. The van der Waals surface area contributed by atoms with Crippen LogP contribution in [-0.4, -0.2) is 55.3 Å². The van der Waals surface area contributed by atoms with E-state index in [0.29, 0.717) is 35.9 Å². The van der Waals surface area contributed by atoms with Crippen molar-refractivity contribution < 1.29 is 9.50 Å². The van der Waals surface area contributed by atoms with Gasteiger partial charge in [0.2, 0.25) is 0 Å². The molecular weight excluding hydrogens is 419 g/mol. The van der Waals surface area contributed by atoms with Gasteiger partial charge < -0.3 is 14.9 Å². The van der Waals surface area contributed by atoms with E-state index in [1.54, 1.807) is 19.9 Å². The maximum Gasteiger partial charge on any atom is 0.257 e. The van der Waals surface area contributed by atoms with Crippen LogP contribution in [0, 0.1) is 24.6 Å². The van der Waals surface area contributed by atoms with Crippen molar-refractivity contribution in [2.45, 2.75) is 32.9 Å². The zero-order valence-corrected chi connectivity index (χ0v) is 19.1. The number of fused-ring (bicyclic) bond motifs is 4. The fourth-order valence-corrected chi connectivity index (χ4v) is 4.24. The molecule has 5 rings (SSSR count). The average molecular weight is 445 g/mol. The van der Waals surface area contributed by atoms with Crippen molar-refractivity contribution in [2.24, 2.45) is 0 Å². The van der Waals surface area contributed by atoms with E-state index in [1.807, 2.05) is 29.5 Å². The summed E-state index contributed by atoms with van der Waals surface area (Å²) < 4.78 is 16.2. The van der Waals surface area contributed by atoms with Crippen molar-refractivity contribution in [1.82, 2.24) is 24.5 Å². The zero-order chi connectivity index (χ0) is 23.3. The molecule has 4 aromatic rings. The van der Waals surface area contributed by atoms with Crippen LogP contribution in [0.15, 0.2) is 36.4 Å². The third kappa shape index (κ3) is 3.90. The molecule has 0 atom stereocenters. The Kier molecular flexibility index (Phi) is 5.04. The van der Waals surface area contributed by atoms with Crippen LogP contribution in [0.4, 0.5) is 15.9 Å². The summed E-state index contributed by atoms with van der Waals surface area (Å²) in [5.41, 5.74) is 2.56. The number of aliphatic hydroxyl groups is 1. The number of halogens is 1. The molecule has 2 aromatic heterocycles. The molecule has 0 radical (unpaired) electrons. The van der Waals surface area contributed by atoms with Gasteiger partial charge in [-0.05, 0) is 58.2 Å². The van der Waals surface area contributed by atoms with Gasteiger partial charge in [0.1, 0.15) is 23.1 Å². The van der Waals surface area contributed by atoms with Gasteiger partial charge in [0.15, 0.2) is 0 Å². The lowest BCUT2D eigenvalue weighted by Gasteiger charge is -2.25. The van der Waals surface area contributed by atoms with Crippen molar-refractivity contribution in [1.29, 1.82) is 0 Å². The molecule has 1 aliphatic heterocycles. The molecule has 1 aliphatic rings. The lowest BCUT2D eigenvalue weighted by atomic mass is 10.0. The van der Waals surface area contributed by atoms with Gasteiger partial charge in [0.25, 0.3) is 5.78 Å². The summed E-state index contributed by atoms with van der Waals surface area (Å²) in [5.74, 6) is 7.55.